The Morgan fingerprint density at radius 2 is 2.11 bits per heavy atom. The van der Waals surface area contributed by atoms with Crippen LogP contribution in [0.5, 0.6) is 0 Å². The first-order valence-corrected chi connectivity index (χ1v) is 5.08. The van der Waals surface area contributed by atoms with Crippen molar-refractivity contribution in [3.8, 4) is 0 Å². The molecule has 1 amide bonds. The highest BCUT2D eigenvalue weighted by molar-refractivity contribution is 5.95. The van der Waals surface area contributed by atoms with Gasteiger partial charge in [0.2, 0.25) is 5.76 Å². The van der Waals surface area contributed by atoms with E-state index in [1.54, 1.807) is 6.92 Å². The van der Waals surface area contributed by atoms with Gasteiger partial charge in [-0.1, -0.05) is 5.16 Å². The molecule has 1 rings (SSSR count). The lowest BCUT2D eigenvalue weighted by Crippen LogP contribution is -2.41. The van der Waals surface area contributed by atoms with E-state index in [1.807, 2.05) is 0 Å². The van der Waals surface area contributed by atoms with Gasteiger partial charge in [0.25, 0.3) is 5.91 Å². The predicted molar refractivity (Wildman–Crippen MR) is 57.0 cm³/mol. The number of amides is 1. The molecule has 1 unspecified atom stereocenters. The zero-order chi connectivity index (χ0) is 13.7. The number of hydrogen-bond acceptors (Lipinski definition) is 5. The molecule has 1 aromatic heterocycles. The van der Waals surface area contributed by atoms with Crippen LogP contribution in [0.1, 0.15) is 29.0 Å². The van der Waals surface area contributed by atoms with Crippen LogP contribution >= 0.6 is 0 Å². The van der Waals surface area contributed by atoms with Gasteiger partial charge in [-0.05, 0) is 13.3 Å². The Bertz CT molecular complexity index is 467. The normalized spacial score (nSPS) is 11.8. The molecule has 1 aromatic rings. The van der Waals surface area contributed by atoms with Gasteiger partial charge in [-0.15, -0.1) is 0 Å². The van der Waals surface area contributed by atoms with Gasteiger partial charge < -0.3 is 20.1 Å². The Kier molecular flexibility index (Phi) is 4.41. The van der Waals surface area contributed by atoms with Crippen molar-refractivity contribution in [2.45, 2.75) is 25.8 Å². The third kappa shape index (κ3) is 3.58. The van der Waals surface area contributed by atoms with Gasteiger partial charge in [0.05, 0.1) is 6.20 Å². The number of nitrogens with zero attached hydrogens (tertiary/aromatic N) is 1. The Labute approximate surface area is 102 Å². The van der Waals surface area contributed by atoms with Crippen LogP contribution in [0.25, 0.3) is 0 Å². The van der Waals surface area contributed by atoms with Crippen molar-refractivity contribution in [1.82, 2.24) is 10.5 Å². The third-order valence-electron chi connectivity index (χ3n) is 2.21. The summed E-state index contributed by atoms with van der Waals surface area (Å²) in [4.78, 5) is 32.8. The van der Waals surface area contributed by atoms with Gasteiger partial charge in [-0.3, -0.25) is 9.59 Å². The molecule has 18 heavy (non-hydrogen) atoms. The number of aliphatic carboxylic acids is 2. The van der Waals surface area contributed by atoms with Crippen molar-refractivity contribution in [3.05, 3.63) is 17.5 Å². The fraction of sp³-hybridized carbons (Fsp3) is 0.400. The van der Waals surface area contributed by atoms with Crippen LogP contribution in [-0.2, 0) is 9.59 Å². The molecule has 0 saturated carbocycles. The summed E-state index contributed by atoms with van der Waals surface area (Å²) in [7, 11) is 0. The molecule has 1 atom stereocenters. The van der Waals surface area contributed by atoms with E-state index in [2.05, 4.69) is 15.0 Å². The standard InChI is InChI=1S/C10H12N2O6/c1-5-4-11-18-8(5)9(15)12-6(10(16)17)2-3-7(13)14/h4,6H,2-3H2,1H3,(H,12,15)(H,13,14)(H,16,17). The minimum Gasteiger partial charge on any atom is -0.481 e. The summed E-state index contributed by atoms with van der Waals surface area (Å²) in [5, 5.41) is 22.9. The van der Waals surface area contributed by atoms with Crippen LogP contribution in [0.3, 0.4) is 0 Å². The topological polar surface area (TPSA) is 130 Å². The monoisotopic (exact) mass is 256 g/mol. The Hall–Kier alpha value is -2.38. The molecule has 1 heterocycles. The van der Waals surface area contributed by atoms with E-state index in [0.29, 0.717) is 5.56 Å². The summed E-state index contributed by atoms with van der Waals surface area (Å²) >= 11 is 0. The molecule has 0 radical (unpaired) electrons. The molecule has 8 heteroatoms. The molecule has 0 aromatic carbocycles. The van der Waals surface area contributed by atoms with E-state index < -0.39 is 23.9 Å². The van der Waals surface area contributed by atoms with Crippen molar-refractivity contribution < 1.29 is 29.1 Å². The van der Waals surface area contributed by atoms with E-state index in [4.69, 9.17) is 10.2 Å². The number of nitrogens with one attached hydrogen (secondary N) is 1. The van der Waals surface area contributed by atoms with Gasteiger partial charge in [0, 0.05) is 12.0 Å². The average molecular weight is 256 g/mol. The lowest BCUT2D eigenvalue weighted by atomic mass is 10.1. The van der Waals surface area contributed by atoms with Crippen LogP contribution in [-0.4, -0.2) is 39.3 Å². The number of carboxylic acids is 2. The lowest BCUT2D eigenvalue weighted by Gasteiger charge is -2.12. The van der Waals surface area contributed by atoms with Gasteiger partial charge in [-0.25, -0.2) is 4.79 Å². The molecule has 98 valence electrons. The van der Waals surface area contributed by atoms with Crippen LogP contribution < -0.4 is 5.32 Å². The van der Waals surface area contributed by atoms with Crippen LogP contribution in [0, 0.1) is 6.92 Å². The SMILES string of the molecule is Cc1cnoc1C(=O)NC(CCC(=O)O)C(=O)O. The Morgan fingerprint density at radius 3 is 2.56 bits per heavy atom. The fourth-order valence-electron chi connectivity index (χ4n) is 1.26. The zero-order valence-electron chi connectivity index (χ0n) is 9.54. The number of carbonyl (C=O) groups is 3. The molecule has 0 saturated heterocycles. The third-order valence-corrected chi connectivity index (χ3v) is 2.21. The number of hydrogen-bond donors (Lipinski definition) is 3. The first kappa shape index (κ1) is 13.7. The van der Waals surface area contributed by atoms with E-state index in [1.165, 1.54) is 6.20 Å². The first-order chi connectivity index (χ1) is 8.41. The van der Waals surface area contributed by atoms with E-state index in [9.17, 15) is 14.4 Å². The maximum Gasteiger partial charge on any atom is 0.326 e. The van der Waals surface area contributed by atoms with Crippen molar-refractivity contribution in [1.29, 1.82) is 0 Å². The Balaban J connectivity index is 2.67. The van der Waals surface area contributed by atoms with E-state index >= 15 is 0 Å². The summed E-state index contributed by atoms with van der Waals surface area (Å²) in [5.74, 6) is -3.26. The Morgan fingerprint density at radius 1 is 1.44 bits per heavy atom. The predicted octanol–water partition coefficient (Wildman–Crippen LogP) is 0.0308. The van der Waals surface area contributed by atoms with Gasteiger partial charge in [0.15, 0.2) is 0 Å². The van der Waals surface area contributed by atoms with Gasteiger partial charge >= 0.3 is 11.9 Å². The second kappa shape index (κ2) is 5.80. The second-order valence-corrected chi connectivity index (χ2v) is 3.63. The highest BCUT2D eigenvalue weighted by atomic mass is 16.5. The van der Waals surface area contributed by atoms with Crippen molar-refractivity contribution in [3.63, 3.8) is 0 Å². The molecular weight excluding hydrogens is 244 g/mol. The average Bonchev–Trinajstić information content (AvgIpc) is 2.69. The van der Waals surface area contributed by atoms with Crippen molar-refractivity contribution in [2.75, 3.05) is 0 Å². The number of rotatable bonds is 6. The smallest absolute Gasteiger partial charge is 0.326 e. The highest BCUT2D eigenvalue weighted by Crippen LogP contribution is 2.07. The molecule has 0 aliphatic rings. The molecule has 0 bridgehead atoms. The van der Waals surface area contributed by atoms with Gasteiger partial charge in [-0.2, -0.15) is 0 Å². The molecule has 0 aliphatic heterocycles. The number of aryl methyl sites for hydroxylation is 1. The molecule has 8 nitrogen and oxygen atoms in total. The molecule has 0 aliphatic carbocycles. The summed E-state index contributed by atoms with van der Waals surface area (Å²) in [6, 6.07) is -1.28. The number of aromatic nitrogens is 1. The summed E-state index contributed by atoms with van der Waals surface area (Å²) in [5.41, 5.74) is 0.467. The van der Waals surface area contributed by atoms with Crippen LogP contribution in [0.4, 0.5) is 0 Å². The molecule has 0 fully saturated rings. The maximum atomic E-state index is 11.6. The summed E-state index contributed by atoms with van der Waals surface area (Å²) < 4.78 is 4.66. The van der Waals surface area contributed by atoms with E-state index in [-0.39, 0.29) is 18.6 Å². The second-order valence-electron chi connectivity index (χ2n) is 3.63. The summed E-state index contributed by atoms with van der Waals surface area (Å²) in [6.07, 6.45) is 0.762. The largest absolute Gasteiger partial charge is 0.481 e. The van der Waals surface area contributed by atoms with E-state index in [0.717, 1.165) is 0 Å². The zero-order valence-corrected chi connectivity index (χ0v) is 9.54. The van der Waals surface area contributed by atoms with Crippen LogP contribution in [0.15, 0.2) is 10.7 Å². The highest BCUT2D eigenvalue weighted by Gasteiger charge is 2.24. The fourth-order valence-corrected chi connectivity index (χ4v) is 1.26. The first-order valence-electron chi connectivity index (χ1n) is 5.08. The molecule has 3 N–H and O–H groups in total. The minimum atomic E-state index is -1.30. The maximum absolute atomic E-state index is 11.6. The van der Waals surface area contributed by atoms with Gasteiger partial charge in [0.1, 0.15) is 6.04 Å². The quantitative estimate of drug-likeness (QED) is 0.654. The van der Waals surface area contributed by atoms with Crippen molar-refractivity contribution in [2.24, 2.45) is 0 Å². The number of carboxylic acid groups (broad SMARTS) is 2. The molecule has 0 spiro atoms. The molecular formula is C10H12N2O6. The number of carbonyl (C=O) groups excluding carboxylic acids is 1. The summed E-state index contributed by atoms with van der Waals surface area (Å²) in [6.45, 7) is 1.58. The lowest BCUT2D eigenvalue weighted by molar-refractivity contribution is -0.140. The van der Waals surface area contributed by atoms with Crippen LogP contribution in [0.2, 0.25) is 0 Å². The van der Waals surface area contributed by atoms with Crippen molar-refractivity contribution >= 4 is 17.8 Å². The minimum absolute atomic E-state index is 0.0865.